The Balaban J connectivity index is 1.92. The van der Waals surface area contributed by atoms with Gasteiger partial charge in [-0.05, 0) is 36.6 Å². The minimum Gasteiger partial charge on any atom is -0.356 e. The summed E-state index contributed by atoms with van der Waals surface area (Å²) in [4.78, 5) is 12.0. The van der Waals surface area contributed by atoms with Gasteiger partial charge in [-0.25, -0.2) is 8.42 Å². The minimum atomic E-state index is -3.35. The lowest BCUT2D eigenvalue weighted by Gasteiger charge is -2.33. The third-order valence-corrected chi connectivity index (χ3v) is 7.53. The van der Waals surface area contributed by atoms with Crippen LogP contribution < -0.4 is 5.32 Å². The van der Waals surface area contributed by atoms with Crippen LogP contribution in [0.1, 0.15) is 33.1 Å². The van der Waals surface area contributed by atoms with E-state index in [0.717, 1.165) is 19.3 Å². The highest BCUT2D eigenvalue weighted by atomic mass is 32.2. The predicted molar refractivity (Wildman–Crippen MR) is 88.3 cm³/mol. The molecule has 1 unspecified atom stereocenters. The molecule has 0 aromatic carbocycles. The molecule has 0 radical (unpaired) electrons. The molecule has 1 aliphatic heterocycles. The molecule has 0 aliphatic carbocycles. The maximum atomic E-state index is 12.5. The molecule has 1 N–H and O–H groups in total. The van der Waals surface area contributed by atoms with E-state index in [0.29, 0.717) is 23.8 Å². The molecule has 1 amide bonds. The van der Waals surface area contributed by atoms with Crippen LogP contribution in [0.2, 0.25) is 0 Å². The fourth-order valence-electron chi connectivity index (χ4n) is 2.78. The van der Waals surface area contributed by atoms with Gasteiger partial charge in [0.05, 0.1) is 0 Å². The van der Waals surface area contributed by atoms with Crippen LogP contribution >= 0.6 is 11.3 Å². The van der Waals surface area contributed by atoms with Gasteiger partial charge in [-0.2, -0.15) is 4.31 Å². The summed E-state index contributed by atoms with van der Waals surface area (Å²) in [5.74, 6) is 0.284. The number of piperidine rings is 1. The van der Waals surface area contributed by atoms with Crippen molar-refractivity contribution in [2.24, 2.45) is 11.8 Å². The average molecular weight is 345 g/mol. The molecule has 1 aromatic rings. The maximum absolute atomic E-state index is 12.5. The van der Waals surface area contributed by atoms with Gasteiger partial charge < -0.3 is 5.32 Å². The van der Waals surface area contributed by atoms with Gasteiger partial charge in [0, 0.05) is 25.6 Å². The molecule has 22 heavy (non-hydrogen) atoms. The van der Waals surface area contributed by atoms with Crippen molar-refractivity contribution in [1.82, 2.24) is 9.62 Å². The summed E-state index contributed by atoms with van der Waals surface area (Å²) in [6, 6.07) is 3.40. The summed E-state index contributed by atoms with van der Waals surface area (Å²) in [5, 5.41) is 4.70. The van der Waals surface area contributed by atoms with Crippen molar-refractivity contribution >= 4 is 27.3 Å². The van der Waals surface area contributed by atoms with Gasteiger partial charge >= 0.3 is 0 Å². The van der Waals surface area contributed by atoms with Crippen LogP contribution in [0.4, 0.5) is 0 Å². The Labute approximate surface area is 136 Å². The highest BCUT2D eigenvalue weighted by Gasteiger charge is 2.33. The Morgan fingerprint density at radius 3 is 2.68 bits per heavy atom. The lowest BCUT2D eigenvalue weighted by molar-refractivity contribution is -0.126. The van der Waals surface area contributed by atoms with E-state index in [4.69, 9.17) is 0 Å². The lowest BCUT2D eigenvalue weighted by Crippen LogP contribution is -2.42. The van der Waals surface area contributed by atoms with Gasteiger partial charge in [0.15, 0.2) is 0 Å². The van der Waals surface area contributed by atoms with Crippen LogP contribution in [0, 0.1) is 11.8 Å². The lowest BCUT2D eigenvalue weighted by atomic mass is 9.85. The fraction of sp³-hybridized carbons (Fsp3) is 0.667. The molecule has 0 saturated carbocycles. The second-order valence-electron chi connectivity index (χ2n) is 5.75. The number of nitrogens with one attached hydrogen (secondary N) is 1. The zero-order chi connectivity index (χ0) is 16.2. The summed E-state index contributed by atoms with van der Waals surface area (Å²) >= 11 is 1.25. The van der Waals surface area contributed by atoms with Gasteiger partial charge in [0.25, 0.3) is 10.0 Å². The number of thiophene rings is 1. The summed E-state index contributed by atoms with van der Waals surface area (Å²) in [6.07, 6.45) is 2.41. The molecule has 1 aromatic heterocycles. The Morgan fingerprint density at radius 1 is 1.45 bits per heavy atom. The standard InChI is InChI=1S/C15H24N2O3S2/c1-3-8-16-15(18)12(2)13-6-9-17(10-7-13)22(19,20)14-5-4-11-21-14/h4-5,11-13H,3,6-10H2,1-2H3,(H,16,18). The first-order valence-corrected chi connectivity index (χ1v) is 10.1. The Bertz CT molecular complexity index is 576. The zero-order valence-electron chi connectivity index (χ0n) is 13.1. The van der Waals surface area contributed by atoms with E-state index in [1.165, 1.54) is 11.3 Å². The van der Waals surface area contributed by atoms with Crippen molar-refractivity contribution in [3.05, 3.63) is 17.5 Å². The number of sulfonamides is 1. The first kappa shape index (κ1) is 17.4. The summed E-state index contributed by atoms with van der Waals surface area (Å²) in [6.45, 7) is 5.67. The molecule has 1 atom stereocenters. The number of nitrogens with zero attached hydrogens (tertiary/aromatic N) is 1. The summed E-state index contributed by atoms with van der Waals surface area (Å²) < 4.78 is 26.9. The molecule has 5 nitrogen and oxygen atoms in total. The van der Waals surface area contributed by atoms with E-state index in [2.05, 4.69) is 5.32 Å². The topological polar surface area (TPSA) is 66.5 Å². The molecular formula is C15H24N2O3S2. The Hall–Kier alpha value is -0.920. The van der Waals surface area contributed by atoms with E-state index < -0.39 is 10.0 Å². The number of rotatable bonds is 6. The molecule has 0 bridgehead atoms. The van der Waals surface area contributed by atoms with E-state index in [1.54, 1.807) is 21.8 Å². The van der Waals surface area contributed by atoms with E-state index in [9.17, 15) is 13.2 Å². The second kappa shape index (κ2) is 7.57. The minimum absolute atomic E-state index is 0.0573. The number of carbonyl (C=O) groups is 1. The molecule has 7 heteroatoms. The van der Waals surface area contributed by atoms with E-state index >= 15 is 0 Å². The van der Waals surface area contributed by atoms with Crippen LogP contribution in [0.5, 0.6) is 0 Å². The summed E-state index contributed by atoms with van der Waals surface area (Å²) in [7, 11) is -3.35. The highest BCUT2D eigenvalue weighted by Crippen LogP contribution is 2.29. The van der Waals surface area contributed by atoms with Crippen molar-refractivity contribution in [2.45, 2.75) is 37.3 Å². The van der Waals surface area contributed by atoms with Crippen LogP contribution in [0.15, 0.2) is 21.7 Å². The van der Waals surface area contributed by atoms with Gasteiger partial charge in [-0.3, -0.25) is 4.79 Å². The average Bonchev–Trinajstić information content (AvgIpc) is 3.07. The monoisotopic (exact) mass is 344 g/mol. The van der Waals surface area contributed by atoms with Crippen molar-refractivity contribution < 1.29 is 13.2 Å². The van der Waals surface area contributed by atoms with Crippen molar-refractivity contribution in [2.75, 3.05) is 19.6 Å². The largest absolute Gasteiger partial charge is 0.356 e. The molecule has 1 aliphatic rings. The summed E-state index contributed by atoms with van der Waals surface area (Å²) in [5.41, 5.74) is 0. The Morgan fingerprint density at radius 2 is 2.14 bits per heavy atom. The van der Waals surface area contributed by atoms with Crippen molar-refractivity contribution in [1.29, 1.82) is 0 Å². The third kappa shape index (κ3) is 3.88. The molecule has 2 heterocycles. The van der Waals surface area contributed by atoms with Crippen molar-refractivity contribution in [3.63, 3.8) is 0 Å². The van der Waals surface area contributed by atoms with Gasteiger partial charge in [-0.1, -0.05) is 19.9 Å². The highest BCUT2D eigenvalue weighted by molar-refractivity contribution is 7.91. The SMILES string of the molecule is CCCNC(=O)C(C)C1CCN(S(=O)(=O)c2cccs2)CC1. The quantitative estimate of drug-likeness (QED) is 0.861. The van der Waals surface area contributed by atoms with Crippen LogP contribution in [0.3, 0.4) is 0 Å². The molecule has 1 fully saturated rings. The zero-order valence-corrected chi connectivity index (χ0v) is 14.8. The number of hydrogen-bond acceptors (Lipinski definition) is 4. The van der Waals surface area contributed by atoms with Gasteiger partial charge in [0.1, 0.15) is 4.21 Å². The molecule has 124 valence electrons. The molecule has 2 rings (SSSR count). The number of carbonyl (C=O) groups excluding carboxylic acids is 1. The van der Waals surface area contributed by atoms with Gasteiger partial charge in [0.2, 0.25) is 5.91 Å². The fourth-order valence-corrected chi connectivity index (χ4v) is 5.39. The van der Waals surface area contributed by atoms with Crippen molar-refractivity contribution in [3.8, 4) is 0 Å². The van der Waals surface area contributed by atoms with Crippen LogP contribution in [0.25, 0.3) is 0 Å². The molecule has 1 saturated heterocycles. The predicted octanol–water partition coefficient (Wildman–Crippen LogP) is 2.31. The third-order valence-electron chi connectivity index (χ3n) is 4.26. The first-order valence-electron chi connectivity index (χ1n) is 7.78. The molecular weight excluding hydrogens is 320 g/mol. The number of amides is 1. The van der Waals surface area contributed by atoms with Crippen LogP contribution in [-0.2, 0) is 14.8 Å². The Kier molecular flexibility index (Phi) is 6.00. The maximum Gasteiger partial charge on any atom is 0.252 e. The van der Waals surface area contributed by atoms with Gasteiger partial charge in [-0.15, -0.1) is 11.3 Å². The second-order valence-corrected chi connectivity index (χ2v) is 8.87. The first-order chi connectivity index (χ1) is 10.5. The number of hydrogen-bond donors (Lipinski definition) is 1. The smallest absolute Gasteiger partial charge is 0.252 e. The van der Waals surface area contributed by atoms with E-state index in [-0.39, 0.29) is 17.7 Å². The molecule has 0 spiro atoms. The van der Waals surface area contributed by atoms with E-state index in [1.807, 2.05) is 13.8 Å². The van der Waals surface area contributed by atoms with Crippen LogP contribution in [-0.4, -0.2) is 38.3 Å². The normalized spacial score (nSPS) is 19.0.